The summed E-state index contributed by atoms with van der Waals surface area (Å²) < 4.78 is 0. The summed E-state index contributed by atoms with van der Waals surface area (Å²) in [5, 5.41) is 3.25. The molecule has 0 unspecified atom stereocenters. The number of anilines is 1. The minimum atomic E-state index is -0.591. The molecule has 0 aromatic carbocycles. The van der Waals surface area contributed by atoms with Crippen LogP contribution in [0.3, 0.4) is 0 Å². The largest absolute Gasteiger partial charge is 0.363 e. The summed E-state index contributed by atoms with van der Waals surface area (Å²) in [6, 6.07) is 1.79. The average Bonchev–Trinajstić information content (AvgIpc) is 2.30. The van der Waals surface area contributed by atoms with Crippen LogP contribution in [0, 0.1) is 0 Å². The van der Waals surface area contributed by atoms with Crippen molar-refractivity contribution in [2.24, 2.45) is 5.73 Å². The molecule has 1 aromatic rings. The predicted octanol–water partition coefficient (Wildman–Crippen LogP) is -1.01. The SMILES string of the molecule is NC(=O)c1nccc(N2CCNCC2)n1. The number of carbonyl (C=O) groups excluding carboxylic acids is 1. The van der Waals surface area contributed by atoms with E-state index in [9.17, 15) is 4.79 Å². The molecule has 1 aliphatic rings. The van der Waals surface area contributed by atoms with E-state index in [1.54, 1.807) is 12.3 Å². The maximum Gasteiger partial charge on any atom is 0.286 e. The Labute approximate surface area is 87.5 Å². The fourth-order valence-electron chi connectivity index (χ4n) is 1.54. The molecule has 0 aliphatic carbocycles. The quantitative estimate of drug-likeness (QED) is 0.649. The van der Waals surface area contributed by atoms with Gasteiger partial charge in [0.1, 0.15) is 5.82 Å². The zero-order valence-corrected chi connectivity index (χ0v) is 8.31. The highest BCUT2D eigenvalue weighted by molar-refractivity contribution is 5.89. The first-order valence-electron chi connectivity index (χ1n) is 4.86. The molecule has 15 heavy (non-hydrogen) atoms. The Kier molecular flexibility index (Phi) is 2.77. The molecule has 2 heterocycles. The van der Waals surface area contributed by atoms with Gasteiger partial charge in [-0.05, 0) is 6.07 Å². The number of nitrogens with one attached hydrogen (secondary N) is 1. The number of primary amides is 1. The normalized spacial score (nSPS) is 16.4. The standard InChI is InChI=1S/C9H13N5O/c10-8(15)9-12-2-1-7(13-9)14-5-3-11-4-6-14/h1-2,11H,3-6H2,(H2,10,15). The van der Waals surface area contributed by atoms with Gasteiger partial charge in [0.2, 0.25) is 5.82 Å². The number of nitrogens with two attached hydrogens (primary N) is 1. The van der Waals surface area contributed by atoms with Gasteiger partial charge in [-0.25, -0.2) is 9.97 Å². The summed E-state index contributed by atoms with van der Waals surface area (Å²) in [4.78, 5) is 20.9. The molecule has 1 aliphatic heterocycles. The van der Waals surface area contributed by atoms with E-state index >= 15 is 0 Å². The van der Waals surface area contributed by atoms with E-state index in [-0.39, 0.29) is 5.82 Å². The zero-order chi connectivity index (χ0) is 10.7. The van der Waals surface area contributed by atoms with Crippen LogP contribution in [0.1, 0.15) is 10.6 Å². The van der Waals surface area contributed by atoms with Crippen molar-refractivity contribution in [2.75, 3.05) is 31.1 Å². The van der Waals surface area contributed by atoms with Gasteiger partial charge in [0.25, 0.3) is 5.91 Å². The van der Waals surface area contributed by atoms with Crippen molar-refractivity contribution < 1.29 is 4.79 Å². The summed E-state index contributed by atoms with van der Waals surface area (Å²) in [7, 11) is 0. The Hall–Kier alpha value is -1.69. The number of hydrogen-bond donors (Lipinski definition) is 2. The van der Waals surface area contributed by atoms with Crippen LogP contribution in [0.15, 0.2) is 12.3 Å². The van der Waals surface area contributed by atoms with Crippen molar-refractivity contribution in [3.8, 4) is 0 Å². The second kappa shape index (κ2) is 4.22. The Balaban J connectivity index is 2.19. The molecule has 0 atom stereocenters. The second-order valence-electron chi connectivity index (χ2n) is 3.34. The molecule has 2 rings (SSSR count). The molecule has 80 valence electrons. The van der Waals surface area contributed by atoms with E-state index < -0.39 is 5.91 Å². The van der Waals surface area contributed by atoms with E-state index in [1.165, 1.54) is 0 Å². The van der Waals surface area contributed by atoms with Crippen molar-refractivity contribution in [3.63, 3.8) is 0 Å². The number of hydrogen-bond acceptors (Lipinski definition) is 5. The Bertz CT molecular complexity index is 361. The van der Waals surface area contributed by atoms with Crippen LogP contribution in [0.25, 0.3) is 0 Å². The van der Waals surface area contributed by atoms with Crippen molar-refractivity contribution in [3.05, 3.63) is 18.1 Å². The van der Waals surface area contributed by atoms with Crippen LogP contribution in [-0.4, -0.2) is 42.1 Å². The van der Waals surface area contributed by atoms with E-state index in [0.29, 0.717) is 0 Å². The van der Waals surface area contributed by atoms with Gasteiger partial charge < -0.3 is 16.0 Å². The third-order valence-corrected chi connectivity index (χ3v) is 2.30. The Morgan fingerprint density at radius 3 is 2.87 bits per heavy atom. The summed E-state index contributed by atoms with van der Waals surface area (Å²) in [6.45, 7) is 3.62. The molecule has 1 saturated heterocycles. The van der Waals surface area contributed by atoms with Crippen LogP contribution < -0.4 is 16.0 Å². The monoisotopic (exact) mass is 207 g/mol. The first-order valence-corrected chi connectivity index (χ1v) is 4.86. The van der Waals surface area contributed by atoms with Crippen molar-refractivity contribution in [1.82, 2.24) is 15.3 Å². The van der Waals surface area contributed by atoms with Crippen molar-refractivity contribution in [2.45, 2.75) is 0 Å². The number of rotatable bonds is 2. The van der Waals surface area contributed by atoms with Gasteiger partial charge in [-0.3, -0.25) is 4.79 Å². The minimum Gasteiger partial charge on any atom is -0.363 e. The zero-order valence-electron chi connectivity index (χ0n) is 8.31. The third-order valence-electron chi connectivity index (χ3n) is 2.30. The van der Waals surface area contributed by atoms with Gasteiger partial charge in [0, 0.05) is 32.4 Å². The van der Waals surface area contributed by atoms with E-state index in [2.05, 4.69) is 20.2 Å². The number of aromatic nitrogens is 2. The molecule has 0 radical (unpaired) electrons. The van der Waals surface area contributed by atoms with Crippen LogP contribution >= 0.6 is 0 Å². The second-order valence-corrected chi connectivity index (χ2v) is 3.34. The lowest BCUT2D eigenvalue weighted by atomic mass is 10.3. The van der Waals surface area contributed by atoms with Crippen LogP contribution in [0.2, 0.25) is 0 Å². The highest BCUT2D eigenvalue weighted by atomic mass is 16.1. The summed E-state index contributed by atoms with van der Waals surface area (Å²) in [5.74, 6) is 0.248. The van der Waals surface area contributed by atoms with Crippen LogP contribution in [0.4, 0.5) is 5.82 Å². The molecule has 0 spiro atoms. The molecule has 6 nitrogen and oxygen atoms in total. The maximum absolute atomic E-state index is 10.9. The van der Waals surface area contributed by atoms with Crippen LogP contribution in [-0.2, 0) is 0 Å². The highest BCUT2D eigenvalue weighted by Crippen LogP contribution is 2.09. The fourth-order valence-corrected chi connectivity index (χ4v) is 1.54. The first kappa shape index (κ1) is 9.85. The molecule has 1 amide bonds. The lowest BCUT2D eigenvalue weighted by molar-refractivity contribution is 0.0990. The lowest BCUT2D eigenvalue weighted by Crippen LogP contribution is -2.44. The fraction of sp³-hybridized carbons (Fsp3) is 0.444. The summed E-state index contributed by atoms with van der Waals surface area (Å²) >= 11 is 0. The topological polar surface area (TPSA) is 84.1 Å². The number of nitrogens with zero attached hydrogens (tertiary/aromatic N) is 3. The van der Waals surface area contributed by atoms with E-state index in [0.717, 1.165) is 32.0 Å². The van der Waals surface area contributed by atoms with Gasteiger partial charge in [0.15, 0.2) is 0 Å². The van der Waals surface area contributed by atoms with Gasteiger partial charge in [-0.15, -0.1) is 0 Å². The van der Waals surface area contributed by atoms with Crippen LogP contribution in [0.5, 0.6) is 0 Å². The van der Waals surface area contributed by atoms with Crippen molar-refractivity contribution >= 4 is 11.7 Å². The maximum atomic E-state index is 10.9. The van der Waals surface area contributed by atoms with E-state index in [1.807, 2.05) is 0 Å². The van der Waals surface area contributed by atoms with Gasteiger partial charge in [-0.2, -0.15) is 0 Å². The highest BCUT2D eigenvalue weighted by Gasteiger charge is 2.13. The summed E-state index contributed by atoms with van der Waals surface area (Å²) in [6.07, 6.45) is 1.56. The van der Waals surface area contributed by atoms with Gasteiger partial charge >= 0.3 is 0 Å². The van der Waals surface area contributed by atoms with Gasteiger partial charge in [-0.1, -0.05) is 0 Å². The average molecular weight is 207 g/mol. The third kappa shape index (κ3) is 2.21. The molecule has 1 aromatic heterocycles. The Morgan fingerprint density at radius 1 is 1.47 bits per heavy atom. The Morgan fingerprint density at radius 2 is 2.20 bits per heavy atom. The van der Waals surface area contributed by atoms with E-state index in [4.69, 9.17) is 5.73 Å². The predicted molar refractivity (Wildman–Crippen MR) is 55.6 cm³/mol. The number of amides is 1. The lowest BCUT2D eigenvalue weighted by Gasteiger charge is -2.28. The molecular weight excluding hydrogens is 194 g/mol. The van der Waals surface area contributed by atoms with Crippen molar-refractivity contribution in [1.29, 1.82) is 0 Å². The molecule has 0 bridgehead atoms. The molecule has 1 fully saturated rings. The number of piperazine rings is 1. The number of carbonyl (C=O) groups is 1. The minimum absolute atomic E-state index is 0.0750. The molecule has 0 saturated carbocycles. The molecule has 6 heteroatoms. The molecule has 3 N–H and O–H groups in total. The first-order chi connectivity index (χ1) is 7.27. The molecular formula is C9H13N5O. The van der Waals surface area contributed by atoms with Gasteiger partial charge in [0.05, 0.1) is 0 Å². The summed E-state index contributed by atoms with van der Waals surface area (Å²) in [5.41, 5.74) is 5.12. The smallest absolute Gasteiger partial charge is 0.286 e.